The second-order valence-corrected chi connectivity index (χ2v) is 12.7. The van der Waals surface area contributed by atoms with Gasteiger partial charge in [-0.2, -0.15) is 0 Å². The van der Waals surface area contributed by atoms with E-state index in [4.69, 9.17) is 0 Å². The van der Waals surface area contributed by atoms with Gasteiger partial charge in [0.15, 0.2) is 0 Å². The van der Waals surface area contributed by atoms with Crippen LogP contribution in [-0.2, 0) is 5.41 Å². The number of rotatable bonds is 2. The molecular weight excluding hydrogens is 504 g/mol. The Labute approximate surface area is 248 Å². The molecular formula is C42H34. The lowest BCUT2D eigenvalue weighted by molar-refractivity contribution is 0.661. The molecule has 0 atom stereocenters. The van der Waals surface area contributed by atoms with E-state index in [1.165, 1.54) is 93.5 Å². The molecule has 0 unspecified atom stereocenters. The third kappa shape index (κ3) is 3.36. The molecule has 0 nitrogen and oxygen atoms in total. The predicted octanol–water partition coefficient (Wildman–Crippen LogP) is 11.7. The van der Waals surface area contributed by atoms with Crippen molar-refractivity contribution in [1.29, 1.82) is 0 Å². The van der Waals surface area contributed by atoms with Crippen LogP contribution in [0.4, 0.5) is 0 Å². The van der Waals surface area contributed by atoms with Crippen LogP contribution in [0.5, 0.6) is 0 Å². The van der Waals surface area contributed by atoms with E-state index in [0.29, 0.717) is 0 Å². The second kappa shape index (κ2) is 8.91. The van der Waals surface area contributed by atoms with Gasteiger partial charge < -0.3 is 0 Å². The van der Waals surface area contributed by atoms with Crippen molar-refractivity contribution in [3.05, 3.63) is 143 Å². The summed E-state index contributed by atoms with van der Waals surface area (Å²) in [5, 5.41) is 7.90. The lowest BCUT2D eigenvalue weighted by Crippen LogP contribution is -2.15. The molecule has 7 aromatic rings. The molecule has 0 aliphatic heterocycles. The van der Waals surface area contributed by atoms with Crippen molar-refractivity contribution in [2.24, 2.45) is 0 Å². The van der Waals surface area contributed by atoms with Gasteiger partial charge in [-0.25, -0.2) is 0 Å². The highest BCUT2D eigenvalue weighted by Crippen LogP contribution is 2.54. The molecule has 0 spiro atoms. The molecule has 1 aliphatic rings. The molecule has 0 amide bonds. The van der Waals surface area contributed by atoms with Crippen LogP contribution in [0.3, 0.4) is 0 Å². The summed E-state index contributed by atoms with van der Waals surface area (Å²) in [7, 11) is 0. The molecule has 0 heteroatoms. The van der Waals surface area contributed by atoms with Crippen LogP contribution in [-0.4, -0.2) is 0 Å². The van der Waals surface area contributed by atoms with Crippen LogP contribution in [0.15, 0.2) is 115 Å². The molecule has 8 rings (SSSR count). The molecule has 0 N–H and O–H groups in total. The summed E-state index contributed by atoms with van der Waals surface area (Å²) in [6.07, 6.45) is 0. The maximum atomic E-state index is 2.52. The van der Waals surface area contributed by atoms with Crippen molar-refractivity contribution < 1.29 is 0 Å². The van der Waals surface area contributed by atoms with Gasteiger partial charge in [0.25, 0.3) is 0 Å². The Hall–Kier alpha value is -4.68. The highest BCUT2D eigenvalue weighted by atomic mass is 14.4. The predicted molar refractivity (Wildman–Crippen MR) is 182 cm³/mol. The van der Waals surface area contributed by atoms with E-state index in [9.17, 15) is 0 Å². The van der Waals surface area contributed by atoms with Crippen LogP contribution in [0.2, 0.25) is 0 Å². The standard InChI is InChI=1S/C42H34/c1-25-22-26(2)38(27(3)23-25)41-32-18-10-8-16-30(32)39(31-17-9-11-19-33(31)41)35-24-37-40(29-15-7-6-14-28(29)35)34-20-12-13-21-36(34)42(37,4)5/h6-24H,1-5H3. The third-order valence-electron chi connectivity index (χ3n) is 9.72. The van der Waals surface area contributed by atoms with E-state index in [1.807, 2.05) is 0 Å². The van der Waals surface area contributed by atoms with E-state index >= 15 is 0 Å². The Morgan fingerprint density at radius 3 is 1.40 bits per heavy atom. The smallest absolute Gasteiger partial charge is 0.0159 e. The summed E-state index contributed by atoms with van der Waals surface area (Å²) in [5.74, 6) is 0. The van der Waals surface area contributed by atoms with Gasteiger partial charge in [-0.05, 0) is 115 Å². The van der Waals surface area contributed by atoms with Crippen molar-refractivity contribution in [3.8, 4) is 33.4 Å². The molecule has 7 aromatic carbocycles. The fourth-order valence-corrected chi connectivity index (χ4v) is 8.02. The van der Waals surface area contributed by atoms with Gasteiger partial charge in [0, 0.05) is 5.41 Å². The minimum atomic E-state index is -0.0770. The summed E-state index contributed by atoms with van der Waals surface area (Å²) in [5.41, 5.74) is 14.8. The average molecular weight is 539 g/mol. The molecule has 0 aromatic heterocycles. The fourth-order valence-electron chi connectivity index (χ4n) is 8.02. The van der Waals surface area contributed by atoms with Gasteiger partial charge in [0.2, 0.25) is 0 Å². The minimum absolute atomic E-state index is 0.0770. The first-order chi connectivity index (χ1) is 20.4. The number of fused-ring (bicyclic) bond motifs is 7. The van der Waals surface area contributed by atoms with Gasteiger partial charge >= 0.3 is 0 Å². The molecule has 0 bridgehead atoms. The van der Waals surface area contributed by atoms with E-state index in [2.05, 4.69) is 150 Å². The van der Waals surface area contributed by atoms with Crippen molar-refractivity contribution in [2.75, 3.05) is 0 Å². The van der Waals surface area contributed by atoms with Crippen molar-refractivity contribution in [2.45, 2.75) is 40.0 Å². The lowest BCUT2D eigenvalue weighted by Gasteiger charge is -2.25. The van der Waals surface area contributed by atoms with Crippen molar-refractivity contribution in [1.82, 2.24) is 0 Å². The molecule has 0 saturated heterocycles. The van der Waals surface area contributed by atoms with Gasteiger partial charge in [-0.15, -0.1) is 0 Å². The number of hydrogen-bond acceptors (Lipinski definition) is 0. The number of benzene rings is 7. The Morgan fingerprint density at radius 1 is 0.381 bits per heavy atom. The molecule has 0 heterocycles. The van der Waals surface area contributed by atoms with E-state index in [0.717, 1.165) is 0 Å². The summed E-state index contributed by atoms with van der Waals surface area (Å²) < 4.78 is 0. The van der Waals surface area contributed by atoms with Crippen molar-refractivity contribution >= 4 is 32.3 Å². The maximum absolute atomic E-state index is 2.52. The SMILES string of the molecule is Cc1cc(C)c(-c2c3ccccc3c(-c3cc4c(c5ccccc35)-c3ccccc3C4(C)C)c3ccccc23)c(C)c1. The van der Waals surface area contributed by atoms with Gasteiger partial charge in [-0.3, -0.25) is 0 Å². The molecule has 42 heavy (non-hydrogen) atoms. The molecule has 1 aliphatic carbocycles. The Kier molecular flexibility index (Phi) is 5.32. The molecule has 0 radical (unpaired) electrons. The Bertz CT molecular complexity index is 2160. The van der Waals surface area contributed by atoms with E-state index in [-0.39, 0.29) is 5.41 Å². The van der Waals surface area contributed by atoms with Crippen LogP contribution >= 0.6 is 0 Å². The van der Waals surface area contributed by atoms with Crippen molar-refractivity contribution in [3.63, 3.8) is 0 Å². The maximum Gasteiger partial charge on any atom is 0.0159 e. The lowest BCUT2D eigenvalue weighted by atomic mass is 9.78. The minimum Gasteiger partial charge on any atom is -0.0619 e. The largest absolute Gasteiger partial charge is 0.0619 e. The van der Waals surface area contributed by atoms with Crippen LogP contribution in [0.1, 0.15) is 41.7 Å². The number of aryl methyl sites for hydroxylation is 3. The van der Waals surface area contributed by atoms with Crippen LogP contribution in [0.25, 0.3) is 65.7 Å². The summed E-state index contributed by atoms with van der Waals surface area (Å²) in [4.78, 5) is 0. The second-order valence-electron chi connectivity index (χ2n) is 12.7. The summed E-state index contributed by atoms with van der Waals surface area (Å²) >= 11 is 0. The van der Waals surface area contributed by atoms with Crippen LogP contribution < -0.4 is 0 Å². The zero-order chi connectivity index (χ0) is 28.7. The third-order valence-corrected chi connectivity index (χ3v) is 9.72. The van der Waals surface area contributed by atoms with E-state index in [1.54, 1.807) is 0 Å². The molecule has 0 fully saturated rings. The first-order valence-electron chi connectivity index (χ1n) is 15.0. The van der Waals surface area contributed by atoms with Gasteiger partial charge in [0.05, 0.1) is 0 Å². The first-order valence-corrected chi connectivity index (χ1v) is 15.0. The van der Waals surface area contributed by atoms with Gasteiger partial charge in [0.1, 0.15) is 0 Å². The van der Waals surface area contributed by atoms with Gasteiger partial charge in [-0.1, -0.05) is 129 Å². The highest BCUT2D eigenvalue weighted by Gasteiger charge is 2.37. The Balaban J connectivity index is 1.56. The Morgan fingerprint density at radius 2 is 0.833 bits per heavy atom. The van der Waals surface area contributed by atoms with Crippen LogP contribution in [0, 0.1) is 20.8 Å². The average Bonchev–Trinajstić information content (AvgIpc) is 3.22. The molecule has 0 saturated carbocycles. The monoisotopic (exact) mass is 538 g/mol. The normalized spacial score (nSPS) is 13.5. The van der Waals surface area contributed by atoms with E-state index < -0.39 is 0 Å². The first kappa shape index (κ1) is 25.1. The summed E-state index contributed by atoms with van der Waals surface area (Å²) in [6, 6.07) is 43.3. The topological polar surface area (TPSA) is 0 Å². The zero-order valence-electron chi connectivity index (χ0n) is 25.0. The highest BCUT2D eigenvalue weighted by molar-refractivity contribution is 6.25. The summed E-state index contributed by atoms with van der Waals surface area (Å²) in [6.45, 7) is 11.5. The zero-order valence-corrected chi connectivity index (χ0v) is 25.0. The quantitative estimate of drug-likeness (QED) is 0.192. The number of hydrogen-bond donors (Lipinski definition) is 0. The molecule has 202 valence electrons. The fraction of sp³-hybridized carbons (Fsp3) is 0.143.